The number of hydrogen-bond acceptors (Lipinski definition) is 5. The van der Waals surface area contributed by atoms with E-state index in [2.05, 4.69) is 20.9 Å². The zero-order valence-electron chi connectivity index (χ0n) is 15.3. The summed E-state index contributed by atoms with van der Waals surface area (Å²) < 4.78 is 5.70. The molecule has 1 saturated heterocycles. The number of amidine groups is 1. The van der Waals surface area contributed by atoms with Crippen molar-refractivity contribution in [3.63, 3.8) is 0 Å². The van der Waals surface area contributed by atoms with Crippen molar-refractivity contribution in [3.05, 3.63) is 32.1 Å². The largest absolute Gasteiger partial charge is 0.479 e. The van der Waals surface area contributed by atoms with Crippen LogP contribution in [0.4, 0.5) is 0 Å². The lowest BCUT2D eigenvalue weighted by Gasteiger charge is -2.20. The van der Waals surface area contributed by atoms with Crippen LogP contribution in [0.25, 0.3) is 6.08 Å². The highest BCUT2D eigenvalue weighted by Crippen LogP contribution is 2.38. The number of ether oxygens (including phenoxy) is 1. The van der Waals surface area contributed by atoms with Crippen molar-refractivity contribution in [1.29, 1.82) is 0 Å². The number of hydrogen-bond donors (Lipinski definition) is 1. The molecule has 1 aromatic carbocycles. The van der Waals surface area contributed by atoms with Crippen LogP contribution in [-0.4, -0.2) is 45.7 Å². The number of thioether (sulfide) groups is 1. The van der Waals surface area contributed by atoms with E-state index in [0.29, 0.717) is 20.1 Å². The van der Waals surface area contributed by atoms with Crippen LogP contribution in [-0.2, 0) is 9.59 Å². The first-order valence-electron chi connectivity index (χ1n) is 8.24. The molecular weight excluding hydrogens is 456 g/mol. The molecule has 6 nitrogen and oxygen atoms in total. The van der Waals surface area contributed by atoms with Gasteiger partial charge < -0.3 is 9.84 Å². The fourth-order valence-electron chi connectivity index (χ4n) is 2.34. The normalized spacial score (nSPS) is 17.6. The summed E-state index contributed by atoms with van der Waals surface area (Å²) >= 11 is 10.9. The Balaban J connectivity index is 2.35. The Kier molecular flexibility index (Phi) is 7.36. The van der Waals surface area contributed by atoms with E-state index in [1.54, 1.807) is 23.1 Å². The Morgan fingerprint density at radius 3 is 2.59 bits per heavy atom. The monoisotopic (exact) mass is 474 g/mol. The Bertz CT molecular complexity index is 801. The lowest BCUT2D eigenvalue weighted by molar-refractivity contribution is -0.139. The smallest absolute Gasteiger partial charge is 0.341 e. The highest BCUT2D eigenvalue weighted by atomic mass is 79.9. The highest BCUT2D eigenvalue weighted by Gasteiger charge is 2.35. The molecule has 27 heavy (non-hydrogen) atoms. The first-order valence-corrected chi connectivity index (χ1v) is 10.2. The van der Waals surface area contributed by atoms with Crippen molar-refractivity contribution < 1.29 is 19.4 Å². The fraction of sp³-hybridized carbons (Fsp3) is 0.389. The molecule has 9 heteroatoms. The van der Waals surface area contributed by atoms with Gasteiger partial charge in [-0.1, -0.05) is 11.6 Å². The molecule has 0 unspecified atom stereocenters. The summed E-state index contributed by atoms with van der Waals surface area (Å²) in [5.74, 6) is -0.951. The van der Waals surface area contributed by atoms with Crippen LogP contribution < -0.4 is 4.74 Å². The third kappa shape index (κ3) is 5.49. The van der Waals surface area contributed by atoms with Crippen LogP contribution in [0.2, 0.25) is 5.02 Å². The molecule has 1 aliphatic heterocycles. The molecule has 0 bridgehead atoms. The number of carboxylic acids is 1. The Labute approximate surface area is 175 Å². The predicted octanol–water partition coefficient (Wildman–Crippen LogP) is 4.66. The van der Waals surface area contributed by atoms with Crippen LogP contribution in [0, 0.1) is 0 Å². The van der Waals surface area contributed by atoms with Crippen LogP contribution in [0.5, 0.6) is 5.75 Å². The molecule has 1 N–H and O–H groups in total. The molecule has 0 spiro atoms. The molecule has 1 aliphatic rings. The second kappa shape index (κ2) is 9.12. The van der Waals surface area contributed by atoms with Gasteiger partial charge in [0.25, 0.3) is 5.91 Å². The Morgan fingerprint density at radius 2 is 2.07 bits per heavy atom. The molecule has 2 rings (SSSR count). The minimum absolute atomic E-state index is 0.00415. The van der Waals surface area contributed by atoms with Crippen molar-refractivity contribution in [2.75, 3.05) is 6.61 Å². The SMILES string of the molecule is CC(C)N=C1S/C(=C/c2cc(Cl)c(OCC(=O)O)c(Br)c2)C(=O)N1C(C)C. The molecule has 0 aromatic heterocycles. The summed E-state index contributed by atoms with van der Waals surface area (Å²) in [5, 5.41) is 9.68. The van der Waals surface area contributed by atoms with Gasteiger partial charge in [0, 0.05) is 12.1 Å². The van der Waals surface area contributed by atoms with Gasteiger partial charge in [-0.05, 0) is 79.2 Å². The molecule has 1 fully saturated rings. The predicted molar refractivity (Wildman–Crippen MR) is 112 cm³/mol. The average molecular weight is 476 g/mol. The van der Waals surface area contributed by atoms with E-state index < -0.39 is 12.6 Å². The van der Waals surface area contributed by atoms with E-state index in [-0.39, 0.29) is 28.8 Å². The molecule has 0 atom stereocenters. The zero-order valence-corrected chi connectivity index (χ0v) is 18.5. The maximum atomic E-state index is 12.8. The minimum atomic E-state index is -1.09. The molecule has 1 aromatic rings. The first-order chi connectivity index (χ1) is 12.6. The highest BCUT2D eigenvalue weighted by molar-refractivity contribution is 9.10. The first kappa shape index (κ1) is 21.8. The molecule has 1 heterocycles. The van der Waals surface area contributed by atoms with Gasteiger partial charge in [0.15, 0.2) is 17.5 Å². The van der Waals surface area contributed by atoms with Gasteiger partial charge in [-0.2, -0.15) is 0 Å². The van der Waals surface area contributed by atoms with Gasteiger partial charge in [-0.25, -0.2) is 4.79 Å². The van der Waals surface area contributed by atoms with Gasteiger partial charge >= 0.3 is 5.97 Å². The number of carbonyl (C=O) groups is 2. The van der Waals surface area contributed by atoms with Crippen molar-refractivity contribution in [2.24, 2.45) is 4.99 Å². The lowest BCUT2D eigenvalue weighted by atomic mass is 10.2. The number of nitrogens with zero attached hydrogens (tertiary/aromatic N) is 2. The number of aliphatic carboxylic acids is 1. The molecule has 0 saturated carbocycles. The van der Waals surface area contributed by atoms with E-state index >= 15 is 0 Å². The summed E-state index contributed by atoms with van der Waals surface area (Å²) in [5.41, 5.74) is 0.694. The second-order valence-electron chi connectivity index (χ2n) is 6.38. The fourth-order valence-corrected chi connectivity index (χ4v) is 4.56. The average Bonchev–Trinajstić information content (AvgIpc) is 2.81. The van der Waals surface area contributed by atoms with Crippen molar-refractivity contribution in [2.45, 2.75) is 39.8 Å². The summed E-state index contributed by atoms with van der Waals surface area (Å²) in [6.07, 6.45) is 1.74. The van der Waals surface area contributed by atoms with Crippen LogP contribution in [0.3, 0.4) is 0 Å². The van der Waals surface area contributed by atoms with E-state index in [1.165, 1.54) is 11.8 Å². The van der Waals surface area contributed by atoms with Gasteiger partial charge in [0.2, 0.25) is 0 Å². The second-order valence-corrected chi connectivity index (χ2v) is 8.65. The van der Waals surface area contributed by atoms with Crippen LogP contribution >= 0.6 is 39.3 Å². The van der Waals surface area contributed by atoms with Crippen LogP contribution in [0.15, 0.2) is 26.5 Å². The summed E-state index contributed by atoms with van der Waals surface area (Å²) in [6, 6.07) is 3.42. The van der Waals surface area contributed by atoms with E-state index in [0.717, 1.165) is 0 Å². The molecule has 1 amide bonds. The van der Waals surface area contributed by atoms with Gasteiger partial charge in [0.05, 0.1) is 14.4 Å². The topological polar surface area (TPSA) is 79.2 Å². The summed E-state index contributed by atoms with van der Waals surface area (Å²) in [4.78, 5) is 30.2. The maximum Gasteiger partial charge on any atom is 0.341 e. The van der Waals surface area contributed by atoms with Gasteiger partial charge in [0.1, 0.15) is 0 Å². The number of aliphatic imine (C=N–C) groups is 1. The van der Waals surface area contributed by atoms with Crippen molar-refractivity contribution in [3.8, 4) is 5.75 Å². The van der Waals surface area contributed by atoms with Crippen molar-refractivity contribution >= 4 is 62.4 Å². The minimum Gasteiger partial charge on any atom is -0.479 e. The number of amides is 1. The quantitative estimate of drug-likeness (QED) is 0.606. The van der Waals surface area contributed by atoms with Gasteiger partial charge in [-0.15, -0.1) is 0 Å². The number of carbonyl (C=O) groups excluding carboxylic acids is 1. The Hall–Kier alpha value is -1.51. The molecule has 0 radical (unpaired) electrons. The third-order valence-electron chi connectivity index (χ3n) is 3.38. The standard InChI is InChI=1S/C18H20BrClN2O4S/c1-9(2)21-18-22(10(3)4)17(25)14(27-18)7-11-5-12(19)16(13(20)6-11)26-8-15(23)24/h5-7,9-10H,8H2,1-4H3,(H,23,24)/b14-7+,21-18?. The zero-order chi connectivity index (χ0) is 20.3. The third-order valence-corrected chi connectivity index (χ3v) is 5.25. The molecule has 146 valence electrons. The molecule has 0 aliphatic carbocycles. The maximum absolute atomic E-state index is 12.8. The summed E-state index contributed by atoms with van der Waals surface area (Å²) in [7, 11) is 0. The van der Waals surface area contributed by atoms with E-state index in [4.69, 9.17) is 21.4 Å². The van der Waals surface area contributed by atoms with E-state index in [1.807, 2.05) is 27.7 Å². The lowest BCUT2D eigenvalue weighted by Crippen LogP contribution is -2.35. The van der Waals surface area contributed by atoms with Crippen molar-refractivity contribution in [1.82, 2.24) is 4.90 Å². The Morgan fingerprint density at radius 1 is 1.41 bits per heavy atom. The number of halogens is 2. The number of rotatable bonds is 6. The van der Waals surface area contributed by atoms with E-state index in [9.17, 15) is 9.59 Å². The number of carboxylic acid groups (broad SMARTS) is 1. The summed E-state index contributed by atoms with van der Waals surface area (Å²) in [6.45, 7) is 7.32. The number of benzene rings is 1. The molecular formula is C18H20BrClN2O4S. The van der Waals surface area contributed by atoms with Gasteiger partial charge in [-0.3, -0.25) is 14.7 Å². The van der Waals surface area contributed by atoms with Crippen LogP contribution in [0.1, 0.15) is 33.3 Å².